The summed E-state index contributed by atoms with van der Waals surface area (Å²) in [5.41, 5.74) is 6.09. The molecule has 0 bridgehead atoms. The van der Waals surface area contributed by atoms with Gasteiger partial charge >= 0.3 is 0 Å². The standard InChI is InChI=1S/C12H26N2/c1-4-12(13)10(3)14(5-2)9-11-7-6-8-11/h10-12H,4-9,13H2,1-3H3. The molecule has 0 aromatic carbocycles. The fourth-order valence-corrected chi connectivity index (χ4v) is 2.20. The van der Waals surface area contributed by atoms with Gasteiger partial charge in [-0.05, 0) is 38.6 Å². The zero-order valence-corrected chi connectivity index (χ0v) is 10.00. The van der Waals surface area contributed by atoms with E-state index in [1.165, 1.54) is 25.8 Å². The van der Waals surface area contributed by atoms with Crippen molar-refractivity contribution in [1.82, 2.24) is 4.90 Å². The second-order valence-electron chi connectivity index (χ2n) is 4.70. The molecule has 1 rings (SSSR count). The highest BCUT2D eigenvalue weighted by Crippen LogP contribution is 2.27. The quantitative estimate of drug-likeness (QED) is 0.709. The van der Waals surface area contributed by atoms with Crippen LogP contribution >= 0.6 is 0 Å². The van der Waals surface area contributed by atoms with Gasteiger partial charge in [-0.2, -0.15) is 0 Å². The summed E-state index contributed by atoms with van der Waals surface area (Å²) < 4.78 is 0. The number of rotatable bonds is 6. The molecule has 1 aliphatic rings. The average Bonchev–Trinajstić information content (AvgIpc) is 2.14. The molecule has 2 nitrogen and oxygen atoms in total. The van der Waals surface area contributed by atoms with Crippen LogP contribution in [0.2, 0.25) is 0 Å². The van der Waals surface area contributed by atoms with Crippen molar-refractivity contribution >= 4 is 0 Å². The lowest BCUT2D eigenvalue weighted by molar-refractivity contribution is 0.130. The molecule has 0 amide bonds. The Morgan fingerprint density at radius 3 is 2.36 bits per heavy atom. The van der Waals surface area contributed by atoms with Gasteiger partial charge in [0.2, 0.25) is 0 Å². The van der Waals surface area contributed by atoms with Gasteiger partial charge in [0.15, 0.2) is 0 Å². The molecule has 14 heavy (non-hydrogen) atoms. The first-order valence-electron chi connectivity index (χ1n) is 6.18. The Labute approximate surface area is 88.8 Å². The van der Waals surface area contributed by atoms with Crippen LogP contribution in [0.5, 0.6) is 0 Å². The van der Waals surface area contributed by atoms with Crippen molar-refractivity contribution in [2.75, 3.05) is 13.1 Å². The summed E-state index contributed by atoms with van der Waals surface area (Å²) in [7, 11) is 0. The molecule has 0 aliphatic heterocycles. The van der Waals surface area contributed by atoms with Gasteiger partial charge in [-0.1, -0.05) is 20.3 Å². The van der Waals surface area contributed by atoms with E-state index in [1.807, 2.05) is 0 Å². The molecule has 0 saturated heterocycles. The van der Waals surface area contributed by atoms with Crippen molar-refractivity contribution in [2.45, 2.75) is 58.5 Å². The molecule has 1 fully saturated rings. The molecule has 0 heterocycles. The number of hydrogen-bond donors (Lipinski definition) is 1. The minimum absolute atomic E-state index is 0.343. The van der Waals surface area contributed by atoms with Gasteiger partial charge in [0.1, 0.15) is 0 Å². The highest BCUT2D eigenvalue weighted by Gasteiger charge is 2.24. The van der Waals surface area contributed by atoms with E-state index in [1.54, 1.807) is 0 Å². The zero-order valence-electron chi connectivity index (χ0n) is 10.00. The molecule has 2 heteroatoms. The summed E-state index contributed by atoms with van der Waals surface area (Å²) in [6, 6.07) is 0.889. The first-order chi connectivity index (χ1) is 6.69. The van der Waals surface area contributed by atoms with E-state index in [4.69, 9.17) is 5.73 Å². The van der Waals surface area contributed by atoms with E-state index in [2.05, 4.69) is 25.7 Å². The lowest BCUT2D eigenvalue weighted by Crippen LogP contribution is -2.48. The van der Waals surface area contributed by atoms with Crippen LogP contribution in [0.3, 0.4) is 0 Å². The Morgan fingerprint density at radius 2 is 2.00 bits per heavy atom. The van der Waals surface area contributed by atoms with Crippen LogP contribution in [-0.2, 0) is 0 Å². The molecule has 0 radical (unpaired) electrons. The van der Waals surface area contributed by atoms with Gasteiger partial charge in [0.25, 0.3) is 0 Å². The first-order valence-corrected chi connectivity index (χ1v) is 6.18. The van der Waals surface area contributed by atoms with Crippen molar-refractivity contribution in [3.8, 4) is 0 Å². The normalized spacial score (nSPS) is 22.1. The Kier molecular flexibility index (Phi) is 4.90. The van der Waals surface area contributed by atoms with E-state index in [-0.39, 0.29) is 0 Å². The van der Waals surface area contributed by atoms with Crippen molar-refractivity contribution in [2.24, 2.45) is 11.7 Å². The van der Waals surface area contributed by atoms with Crippen molar-refractivity contribution < 1.29 is 0 Å². The van der Waals surface area contributed by atoms with Gasteiger partial charge in [-0.25, -0.2) is 0 Å². The van der Waals surface area contributed by atoms with Crippen LogP contribution in [0.25, 0.3) is 0 Å². The largest absolute Gasteiger partial charge is 0.326 e. The highest BCUT2D eigenvalue weighted by atomic mass is 15.2. The summed E-state index contributed by atoms with van der Waals surface area (Å²) in [5, 5.41) is 0. The lowest BCUT2D eigenvalue weighted by atomic mass is 9.84. The van der Waals surface area contributed by atoms with Crippen LogP contribution in [0.15, 0.2) is 0 Å². The second kappa shape index (κ2) is 5.72. The Morgan fingerprint density at radius 1 is 1.36 bits per heavy atom. The summed E-state index contributed by atoms with van der Waals surface area (Å²) >= 11 is 0. The van der Waals surface area contributed by atoms with Gasteiger partial charge in [0, 0.05) is 18.6 Å². The van der Waals surface area contributed by atoms with Gasteiger partial charge in [-0.3, -0.25) is 4.90 Å². The van der Waals surface area contributed by atoms with E-state index in [0.29, 0.717) is 12.1 Å². The molecule has 0 aromatic rings. The third kappa shape index (κ3) is 2.96. The molecular formula is C12H26N2. The molecule has 2 N–H and O–H groups in total. The van der Waals surface area contributed by atoms with Gasteiger partial charge in [0.05, 0.1) is 0 Å². The molecule has 2 atom stereocenters. The van der Waals surface area contributed by atoms with Crippen LogP contribution in [0.4, 0.5) is 0 Å². The minimum Gasteiger partial charge on any atom is -0.326 e. The maximum atomic E-state index is 6.09. The highest BCUT2D eigenvalue weighted by molar-refractivity contribution is 4.81. The second-order valence-corrected chi connectivity index (χ2v) is 4.70. The van der Waals surface area contributed by atoms with E-state index in [0.717, 1.165) is 18.9 Å². The SMILES string of the molecule is CCC(N)C(C)N(CC)CC1CCC1. The fraction of sp³-hybridized carbons (Fsp3) is 1.00. The Balaban J connectivity index is 2.34. The van der Waals surface area contributed by atoms with E-state index in [9.17, 15) is 0 Å². The lowest BCUT2D eigenvalue weighted by Gasteiger charge is -2.37. The molecule has 0 aromatic heterocycles. The van der Waals surface area contributed by atoms with Gasteiger partial charge in [-0.15, -0.1) is 0 Å². The maximum Gasteiger partial charge on any atom is 0.0218 e. The van der Waals surface area contributed by atoms with Crippen LogP contribution in [0, 0.1) is 5.92 Å². The molecular weight excluding hydrogens is 172 g/mol. The zero-order chi connectivity index (χ0) is 10.6. The summed E-state index contributed by atoms with van der Waals surface area (Å²) in [5.74, 6) is 0.960. The Hall–Kier alpha value is -0.0800. The van der Waals surface area contributed by atoms with Crippen LogP contribution < -0.4 is 5.73 Å². The van der Waals surface area contributed by atoms with Crippen molar-refractivity contribution in [3.63, 3.8) is 0 Å². The van der Waals surface area contributed by atoms with Crippen molar-refractivity contribution in [1.29, 1.82) is 0 Å². The summed E-state index contributed by atoms with van der Waals surface area (Å²) in [6.45, 7) is 9.11. The molecule has 0 spiro atoms. The Bertz CT molecular complexity index is 154. The molecule has 84 valence electrons. The van der Waals surface area contributed by atoms with E-state index >= 15 is 0 Å². The number of nitrogens with two attached hydrogens (primary N) is 1. The van der Waals surface area contributed by atoms with Crippen molar-refractivity contribution in [3.05, 3.63) is 0 Å². The predicted molar refractivity (Wildman–Crippen MR) is 62.3 cm³/mol. The topological polar surface area (TPSA) is 29.3 Å². The predicted octanol–water partition coefficient (Wildman–Crippen LogP) is 2.23. The molecule has 1 saturated carbocycles. The fourth-order valence-electron chi connectivity index (χ4n) is 2.20. The number of hydrogen-bond acceptors (Lipinski definition) is 2. The average molecular weight is 198 g/mol. The molecule has 1 aliphatic carbocycles. The maximum absolute atomic E-state index is 6.09. The number of nitrogens with zero attached hydrogens (tertiary/aromatic N) is 1. The third-order valence-electron chi connectivity index (χ3n) is 3.79. The van der Waals surface area contributed by atoms with Gasteiger partial charge < -0.3 is 5.73 Å². The van der Waals surface area contributed by atoms with Crippen LogP contribution in [0.1, 0.15) is 46.5 Å². The third-order valence-corrected chi connectivity index (χ3v) is 3.79. The molecule has 2 unspecified atom stereocenters. The summed E-state index contributed by atoms with van der Waals surface area (Å²) in [4.78, 5) is 2.55. The monoisotopic (exact) mass is 198 g/mol. The van der Waals surface area contributed by atoms with E-state index < -0.39 is 0 Å². The number of likely N-dealkylation sites (N-methyl/N-ethyl adjacent to an activating group) is 1. The first kappa shape index (κ1) is 12.0. The smallest absolute Gasteiger partial charge is 0.0218 e. The minimum atomic E-state index is 0.343. The summed E-state index contributed by atoms with van der Waals surface area (Å²) in [6.07, 6.45) is 5.40. The van der Waals surface area contributed by atoms with Crippen LogP contribution in [-0.4, -0.2) is 30.1 Å².